The lowest BCUT2D eigenvalue weighted by Gasteiger charge is -2.08. The molecule has 0 saturated heterocycles. The lowest BCUT2D eigenvalue weighted by atomic mass is 10.2. The minimum Gasteiger partial charge on any atom is -0.365 e. The summed E-state index contributed by atoms with van der Waals surface area (Å²) >= 11 is 1.75. The molecule has 0 radical (unpaired) electrons. The van der Waals surface area contributed by atoms with E-state index in [-0.39, 0.29) is 0 Å². The fraction of sp³-hybridized carbons (Fsp3) is 0.125. The van der Waals surface area contributed by atoms with Crippen molar-refractivity contribution in [3.63, 3.8) is 0 Å². The van der Waals surface area contributed by atoms with Crippen molar-refractivity contribution in [3.05, 3.63) is 60.4 Å². The Bertz CT molecular complexity index is 705. The molecule has 0 amide bonds. The summed E-state index contributed by atoms with van der Waals surface area (Å²) in [4.78, 5) is 9.87. The monoisotopic (exact) mass is 281 g/mol. The van der Waals surface area contributed by atoms with Gasteiger partial charge in [-0.25, -0.2) is 9.97 Å². The molecule has 4 heteroatoms. The van der Waals surface area contributed by atoms with E-state index in [9.17, 15) is 0 Å². The fourth-order valence-electron chi connectivity index (χ4n) is 2.07. The van der Waals surface area contributed by atoms with Crippen LogP contribution in [-0.2, 0) is 6.54 Å². The second-order valence-corrected chi connectivity index (χ2v) is 5.32. The van der Waals surface area contributed by atoms with Crippen molar-refractivity contribution in [2.75, 3.05) is 11.6 Å². The summed E-state index contributed by atoms with van der Waals surface area (Å²) in [6, 6.07) is 16.6. The first-order chi connectivity index (χ1) is 9.86. The van der Waals surface area contributed by atoms with Crippen molar-refractivity contribution in [1.82, 2.24) is 9.97 Å². The lowest BCUT2D eigenvalue weighted by molar-refractivity contribution is 1.10. The summed E-state index contributed by atoms with van der Waals surface area (Å²) in [5.41, 5.74) is 2.20. The first-order valence-corrected chi connectivity index (χ1v) is 7.66. The predicted molar refractivity (Wildman–Crippen MR) is 85.1 cm³/mol. The summed E-state index contributed by atoms with van der Waals surface area (Å²) in [5.74, 6) is 0.879. The maximum atomic E-state index is 4.33. The summed E-state index contributed by atoms with van der Waals surface area (Å²) in [6.45, 7) is 0.760. The first-order valence-electron chi connectivity index (χ1n) is 6.43. The molecule has 0 aliphatic carbocycles. The Morgan fingerprint density at radius 1 is 1.00 bits per heavy atom. The van der Waals surface area contributed by atoms with Crippen molar-refractivity contribution < 1.29 is 0 Å². The molecule has 0 fully saturated rings. The van der Waals surface area contributed by atoms with Gasteiger partial charge in [0.25, 0.3) is 0 Å². The number of benzene rings is 2. The zero-order valence-corrected chi connectivity index (χ0v) is 12.0. The van der Waals surface area contributed by atoms with E-state index in [2.05, 4.69) is 45.8 Å². The quantitative estimate of drug-likeness (QED) is 0.734. The molecule has 0 saturated carbocycles. The molecule has 0 spiro atoms. The number of hydrogen-bond donors (Lipinski definition) is 1. The molecule has 3 rings (SSSR count). The van der Waals surface area contributed by atoms with Gasteiger partial charge >= 0.3 is 0 Å². The van der Waals surface area contributed by atoms with Gasteiger partial charge < -0.3 is 5.32 Å². The van der Waals surface area contributed by atoms with E-state index in [4.69, 9.17) is 0 Å². The number of hydrogen-bond acceptors (Lipinski definition) is 4. The van der Waals surface area contributed by atoms with E-state index in [1.54, 1.807) is 18.1 Å². The highest BCUT2D eigenvalue weighted by Gasteiger charge is 2.02. The van der Waals surface area contributed by atoms with E-state index in [0.29, 0.717) is 0 Å². The highest BCUT2D eigenvalue weighted by Crippen LogP contribution is 2.20. The van der Waals surface area contributed by atoms with Crippen LogP contribution in [0.1, 0.15) is 5.56 Å². The van der Waals surface area contributed by atoms with Gasteiger partial charge in [-0.05, 0) is 36.1 Å². The molecule has 2 aromatic carbocycles. The zero-order chi connectivity index (χ0) is 13.8. The Hall–Kier alpha value is -2.07. The molecule has 100 valence electrons. The average Bonchev–Trinajstić information content (AvgIpc) is 2.53. The van der Waals surface area contributed by atoms with Crippen molar-refractivity contribution in [1.29, 1.82) is 0 Å². The van der Waals surface area contributed by atoms with E-state index < -0.39 is 0 Å². The molecular formula is C16H15N3S. The summed E-state index contributed by atoms with van der Waals surface area (Å²) in [6.07, 6.45) is 3.68. The Kier molecular flexibility index (Phi) is 3.83. The Morgan fingerprint density at radius 2 is 1.80 bits per heavy atom. The number of fused-ring (bicyclic) bond motifs is 1. The Balaban J connectivity index is 1.79. The molecule has 0 aliphatic heterocycles. The molecule has 0 atom stereocenters. The topological polar surface area (TPSA) is 37.8 Å². The van der Waals surface area contributed by atoms with Crippen LogP contribution in [0.5, 0.6) is 0 Å². The van der Waals surface area contributed by atoms with Crippen molar-refractivity contribution in [2.24, 2.45) is 0 Å². The third kappa shape index (κ3) is 2.75. The number of aromatic nitrogens is 2. The fourth-order valence-corrected chi connectivity index (χ4v) is 2.48. The van der Waals surface area contributed by atoms with Crippen LogP contribution in [0.4, 0.5) is 5.82 Å². The number of nitrogens with one attached hydrogen (secondary N) is 1. The molecule has 1 heterocycles. The molecule has 0 aliphatic rings. The predicted octanol–water partition coefficient (Wildman–Crippen LogP) is 3.96. The van der Waals surface area contributed by atoms with E-state index in [0.717, 1.165) is 23.3 Å². The number of nitrogens with zero attached hydrogens (tertiary/aromatic N) is 2. The number of rotatable bonds is 4. The summed E-state index contributed by atoms with van der Waals surface area (Å²) in [7, 11) is 0. The number of anilines is 1. The van der Waals surface area contributed by atoms with E-state index in [1.165, 1.54) is 10.5 Å². The van der Waals surface area contributed by atoms with Crippen LogP contribution < -0.4 is 5.32 Å². The van der Waals surface area contributed by atoms with Gasteiger partial charge in [0, 0.05) is 16.8 Å². The molecule has 1 aromatic heterocycles. The smallest absolute Gasteiger partial charge is 0.137 e. The average molecular weight is 281 g/mol. The molecular weight excluding hydrogens is 266 g/mol. The lowest BCUT2D eigenvalue weighted by Crippen LogP contribution is -2.02. The van der Waals surface area contributed by atoms with Crippen molar-refractivity contribution >= 4 is 28.5 Å². The Labute approximate surface area is 122 Å². The molecule has 0 unspecified atom stereocenters. The number of thioether (sulfide) groups is 1. The Morgan fingerprint density at radius 3 is 2.60 bits per heavy atom. The third-order valence-corrected chi connectivity index (χ3v) is 3.91. The standard InChI is InChI=1S/C16H15N3S/c1-20-13-8-6-12(7-9-13)10-17-16-14-4-2-3-5-15(14)18-11-19-16/h2-9,11H,10H2,1H3,(H,17,18,19). The second kappa shape index (κ2) is 5.92. The number of para-hydroxylation sites is 1. The van der Waals surface area contributed by atoms with Gasteiger partial charge in [-0.1, -0.05) is 24.3 Å². The maximum absolute atomic E-state index is 4.33. The normalized spacial score (nSPS) is 10.7. The van der Waals surface area contributed by atoms with Crippen LogP contribution in [0.3, 0.4) is 0 Å². The van der Waals surface area contributed by atoms with Gasteiger partial charge in [0.1, 0.15) is 12.1 Å². The van der Waals surface area contributed by atoms with Crippen molar-refractivity contribution in [2.45, 2.75) is 11.4 Å². The van der Waals surface area contributed by atoms with Gasteiger partial charge in [-0.3, -0.25) is 0 Å². The van der Waals surface area contributed by atoms with Crippen LogP contribution in [0.2, 0.25) is 0 Å². The van der Waals surface area contributed by atoms with E-state index >= 15 is 0 Å². The van der Waals surface area contributed by atoms with Crippen LogP contribution in [0.15, 0.2) is 59.8 Å². The molecule has 3 aromatic rings. The van der Waals surface area contributed by atoms with E-state index in [1.807, 2.05) is 24.3 Å². The molecule has 20 heavy (non-hydrogen) atoms. The van der Waals surface area contributed by atoms with Crippen molar-refractivity contribution in [3.8, 4) is 0 Å². The second-order valence-electron chi connectivity index (χ2n) is 4.44. The van der Waals surface area contributed by atoms with Gasteiger partial charge in [0.15, 0.2) is 0 Å². The van der Waals surface area contributed by atoms with Crippen LogP contribution in [-0.4, -0.2) is 16.2 Å². The zero-order valence-electron chi connectivity index (χ0n) is 11.2. The van der Waals surface area contributed by atoms with Crippen LogP contribution in [0, 0.1) is 0 Å². The minimum absolute atomic E-state index is 0.760. The van der Waals surface area contributed by atoms with Gasteiger partial charge in [0.2, 0.25) is 0 Å². The highest BCUT2D eigenvalue weighted by molar-refractivity contribution is 7.98. The van der Waals surface area contributed by atoms with Gasteiger partial charge in [-0.15, -0.1) is 11.8 Å². The largest absolute Gasteiger partial charge is 0.365 e. The molecule has 1 N–H and O–H groups in total. The maximum Gasteiger partial charge on any atom is 0.137 e. The van der Waals surface area contributed by atoms with Gasteiger partial charge in [0.05, 0.1) is 5.52 Å². The molecule has 3 nitrogen and oxygen atoms in total. The minimum atomic E-state index is 0.760. The summed E-state index contributed by atoms with van der Waals surface area (Å²) < 4.78 is 0. The molecule has 0 bridgehead atoms. The SMILES string of the molecule is CSc1ccc(CNc2ncnc3ccccc23)cc1. The highest BCUT2D eigenvalue weighted by atomic mass is 32.2. The van der Waals surface area contributed by atoms with Gasteiger partial charge in [-0.2, -0.15) is 0 Å². The van der Waals surface area contributed by atoms with Crippen LogP contribution >= 0.6 is 11.8 Å². The van der Waals surface area contributed by atoms with Crippen LogP contribution in [0.25, 0.3) is 10.9 Å². The first kappa shape index (κ1) is 12.9. The third-order valence-electron chi connectivity index (χ3n) is 3.16. The summed E-state index contributed by atoms with van der Waals surface area (Å²) in [5, 5.41) is 4.44.